The second kappa shape index (κ2) is 9.22. The number of H-pyrrole nitrogens is 1. The van der Waals surface area contributed by atoms with Gasteiger partial charge in [0.1, 0.15) is 18.2 Å². The van der Waals surface area contributed by atoms with Crippen LogP contribution in [-0.4, -0.2) is 21.0 Å². The number of halogens is 3. The van der Waals surface area contributed by atoms with E-state index in [1.165, 1.54) is 18.2 Å². The number of fused-ring (bicyclic) bond motifs is 1. The summed E-state index contributed by atoms with van der Waals surface area (Å²) in [6.07, 6.45) is -4.38. The molecule has 5 nitrogen and oxygen atoms in total. The molecule has 0 bridgehead atoms. The van der Waals surface area contributed by atoms with Crippen molar-refractivity contribution in [1.29, 1.82) is 0 Å². The highest BCUT2D eigenvalue weighted by Crippen LogP contribution is 2.32. The maximum absolute atomic E-state index is 12.9. The fraction of sp³-hybridized carbons (Fsp3) is 0.0714. The quantitative estimate of drug-likeness (QED) is 0.265. The molecule has 0 atom stereocenters. The minimum atomic E-state index is -4.38. The zero-order chi connectivity index (χ0) is 25.3. The molecule has 2 N–H and O–H groups in total. The molecule has 0 radical (unpaired) electrons. The molecule has 0 aliphatic heterocycles. The van der Waals surface area contributed by atoms with Gasteiger partial charge in [0.05, 0.1) is 22.2 Å². The molecule has 0 aliphatic rings. The summed E-state index contributed by atoms with van der Waals surface area (Å²) >= 11 is 0. The van der Waals surface area contributed by atoms with Gasteiger partial charge < -0.3 is 14.8 Å². The molecule has 0 fully saturated rings. The van der Waals surface area contributed by atoms with E-state index in [2.05, 4.69) is 9.97 Å². The molecule has 1 aromatic heterocycles. The Hall–Kier alpha value is -4.59. The molecule has 0 aliphatic carbocycles. The van der Waals surface area contributed by atoms with Crippen molar-refractivity contribution in [3.8, 4) is 28.3 Å². The Bertz CT molecular complexity index is 1540. The van der Waals surface area contributed by atoms with E-state index in [1.54, 1.807) is 24.3 Å². The Kier molecular flexibility index (Phi) is 5.93. The summed E-state index contributed by atoms with van der Waals surface area (Å²) in [7, 11) is 0. The predicted molar refractivity (Wildman–Crippen MR) is 130 cm³/mol. The average Bonchev–Trinajstić information content (AvgIpc) is 3.31. The van der Waals surface area contributed by atoms with Crippen LogP contribution in [-0.2, 0) is 12.8 Å². The SMILES string of the molecule is O=C(O)c1ccc2nc(-c3ccc(OCc4ccccc4-c4ccc(C(F)(F)F)cc4)cc3)[nH]c2c1. The number of nitrogens with one attached hydrogen (secondary N) is 1. The number of carboxylic acids is 1. The Morgan fingerprint density at radius 2 is 1.58 bits per heavy atom. The van der Waals surface area contributed by atoms with Gasteiger partial charge in [-0.2, -0.15) is 13.2 Å². The fourth-order valence-corrected chi connectivity index (χ4v) is 3.92. The third-order valence-electron chi connectivity index (χ3n) is 5.79. The minimum absolute atomic E-state index is 0.179. The van der Waals surface area contributed by atoms with E-state index >= 15 is 0 Å². The normalized spacial score (nSPS) is 11.5. The first kappa shape index (κ1) is 23.2. The number of hydrogen-bond acceptors (Lipinski definition) is 3. The number of aromatic nitrogens is 2. The maximum Gasteiger partial charge on any atom is 0.416 e. The van der Waals surface area contributed by atoms with Crippen LogP contribution in [0.2, 0.25) is 0 Å². The second-order valence-electron chi connectivity index (χ2n) is 8.17. The van der Waals surface area contributed by atoms with Gasteiger partial charge in [-0.05, 0) is 71.3 Å². The second-order valence-corrected chi connectivity index (χ2v) is 8.17. The first-order valence-corrected chi connectivity index (χ1v) is 11.0. The number of aromatic carboxylic acids is 1. The van der Waals surface area contributed by atoms with Crippen molar-refractivity contribution in [2.24, 2.45) is 0 Å². The van der Waals surface area contributed by atoms with Crippen molar-refractivity contribution in [2.45, 2.75) is 12.8 Å². The lowest BCUT2D eigenvalue weighted by Crippen LogP contribution is -2.04. The average molecular weight is 488 g/mol. The van der Waals surface area contributed by atoms with Crippen LogP contribution in [0.15, 0.2) is 91.0 Å². The number of imidazole rings is 1. The zero-order valence-corrected chi connectivity index (χ0v) is 18.7. The standard InChI is InChI=1S/C28H19F3N2O3/c29-28(30,31)21-10-5-17(6-11-21)23-4-2-1-3-20(23)16-36-22-12-7-18(8-13-22)26-32-24-14-9-19(27(34)35)15-25(24)33-26/h1-15H,16H2,(H,32,33)(H,34,35). The Morgan fingerprint density at radius 3 is 2.28 bits per heavy atom. The number of benzene rings is 4. The van der Waals surface area contributed by atoms with Crippen LogP contribution >= 0.6 is 0 Å². The summed E-state index contributed by atoms with van der Waals surface area (Å²) in [6, 6.07) is 24.5. The van der Waals surface area contributed by atoms with E-state index < -0.39 is 17.7 Å². The van der Waals surface area contributed by atoms with Gasteiger partial charge >= 0.3 is 12.1 Å². The molecule has 4 aromatic carbocycles. The maximum atomic E-state index is 12.9. The van der Waals surface area contributed by atoms with Crippen molar-refractivity contribution in [2.75, 3.05) is 0 Å². The van der Waals surface area contributed by atoms with Crippen molar-refractivity contribution in [3.05, 3.63) is 108 Å². The van der Waals surface area contributed by atoms with E-state index in [4.69, 9.17) is 9.84 Å². The molecular weight excluding hydrogens is 469 g/mol. The van der Waals surface area contributed by atoms with Crippen LogP contribution in [0.25, 0.3) is 33.5 Å². The van der Waals surface area contributed by atoms with Crippen LogP contribution in [0.5, 0.6) is 5.75 Å². The highest BCUT2D eigenvalue weighted by Gasteiger charge is 2.30. The van der Waals surface area contributed by atoms with E-state index in [1.807, 2.05) is 36.4 Å². The van der Waals surface area contributed by atoms with Crippen molar-refractivity contribution in [1.82, 2.24) is 9.97 Å². The van der Waals surface area contributed by atoms with Crippen molar-refractivity contribution >= 4 is 17.0 Å². The summed E-state index contributed by atoms with van der Waals surface area (Å²) in [6.45, 7) is 0.235. The molecule has 0 saturated heterocycles. The van der Waals surface area contributed by atoms with Crippen LogP contribution in [0.3, 0.4) is 0 Å². The van der Waals surface area contributed by atoms with E-state index in [0.717, 1.165) is 28.8 Å². The third-order valence-corrected chi connectivity index (χ3v) is 5.79. The van der Waals surface area contributed by atoms with Crippen LogP contribution < -0.4 is 4.74 Å². The number of nitrogens with zero attached hydrogens (tertiary/aromatic N) is 1. The number of rotatable bonds is 6. The molecular formula is C28H19F3N2O3. The van der Waals surface area contributed by atoms with Crippen LogP contribution in [0.1, 0.15) is 21.5 Å². The predicted octanol–water partition coefficient (Wildman–Crippen LogP) is 7.19. The number of aromatic amines is 1. The highest BCUT2D eigenvalue weighted by atomic mass is 19.4. The van der Waals surface area contributed by atoms with Crippen molar-refractivity contribution in [3.63, 3.8) is 0 Å². The smallest absolute Gasteiger partial charge is 0.416 e. The Labute approximate surface area is 203 Å². The molecule has 0 spiro atoms. The zero-order valence-electron chi connectivity index (χ0n) is 18.7. The first-order chi connectivity index (χ1) is 17.3. The largest absolute Gasteiger partial charge is 0.489 e. The lowest BCUT2D eigenvalue weighted by atomic mass is 9.99. The van der Waals surface area contributed by atoms with Gasteiger partial charge in [0.15, 0.2) is 0 Å². The molecule has 1 heterocycles. The van der Waals surface area contributed by atoms with E-state index in [9.17, 15) is 18.0 Å². The minimum Gasteiger partial charge on any atom is -0.489 e. The molecule has 0 saturated carbocycles. The fourth-order valence-electron chi connectivity index (χ4n) is 3.92. The number of alkyl halides is 3. The van der Waals surface area contributed by atoms with Crippen LogP contribution in [0, 0.1) is 0 Å². The third kappa shape index (κ3) is 4.79. The van der Waals surface area contributed by atoms with Gasteiger partial charge in [0.25, 0.3) is 0 Å². The summed E-state index contributed by atoms with van der Waals surface area (Å²) in [5.74, 6) is 0.214. The van der Waals surface area contributed by atoms with Gasteiger partial charge in [-0.3, -0.25) is 0 Å². The number of carboxylic acid groups (broad SMARTS) is 1. The lowest BCUT2D eigenvalue weighted by molar-refractivity contribution is -0.137. The summed E-state index contributed by atoms with van der Waals surface area (Å²) in [4.78, 5) is 18.8. The molecule has 36 heavy (non-hydrogen) atoms. The number of ether oxygens (including phenoxy) is 1. The van der Waals surface area contributed by atoms with Gasteiger partial charge in [0, 0.05) is 5.56 Å². The van der Waals surface area contributed by atoms with Crippen molar-refractivity contribution < 1.29 is 27.8 Å². The van der Waals surface area contributed by atoms with Gasteiger partial charge in [0.2, 0.25) is 0 Å². The van der Waals surface area contributed by atoms with Gasteiger partial charge in [-0.15, -0.1) is 0 Å². The van der Waals surface area contributed by atoms with Gasteiger partial charge in [-0.25, -0.2) is 9.78 Å². The molecule has 0 unspecified atom stereocenters. The molecule has 5 rings (SSSR count). The Morgan fingerprint density at radius 1 is 0.889 bits per heavy atom. The van der Waals surface area contributed by atoms with E-state index in [-0.39, 0.29) is 12.2 Å². The summed E-state index contributed by atoms with van der Waals surface area (Å²) in [5, 5.41) is 9.16. The molecule has 180 valence electrons. The number of carbonyl (C=O) groups is 1. The molecule has 5 aromatic rings. The number of hydrogen-bond donors (Lipinski definition) is 2. The highest BCUT2D eigenvalue weighted by molar-refractivity contribution is 5.93. The van der Waals surface area contributed by atoms with Gasteiger partial charge in [-0.1, -0.05) is 36.4 Å². The van der Waals surface area contributed by atoms with Crippen LogP contribution in [0.4, 0.5) is 13.2 Å². The molecule has 0 amide bonds. The monoisotopic (exact) mass is 488 g/mol. The van der Waals surface area contributed by atoms with E-state index in [0.29, 0.717) is 28.2 Å². The lowest BCUT2D eigenvalue weighted by Gasteiger charge is -2.13. The Balaban J connectivity index is 1.31. The first-order valence-electron chi connectivity index (χ1n) is 11.0. The summed E-state index contributed by atoms with van der Waals surface area (Å²) < 4.78 is 44.6. The molecule has 8 heteroatoms. The summed E-state index contributed by atoms with van der Waals surface area (Å²) in [5.41, 5.74) is 3.90. The topological polar surface area (TPSA) is 75.2 Å².